The number of para-hydroxylation sites is 1. The summed E-state index contributed by atoms with van der Waals surface area (Å²) in [4.78, 5) is 10.4. The highest BCUT2D eigenvalue weighted by Crippen LogP contribution is 2.26. The van der Waals surface area contributed by atoms with Crippen LogP contribution in [-0.2, 0) is 0 Å². The van der Waals surface area contributed by atoms with Crippen molar-refractivity contribution in [3.63, 3.8) is 0 Å². The molecule has 0 aliphatic heterocycles. The van der Waals surface area contributed by atoms with E-state index in [0.717, 1.165) is 12.0 Å². The van der Waals surface area contributed by atoms with Gasteiger partial charge in [0.2, 0.25) is 0 Å². The molecular weight excluding hydrogens is 180 g/mol. The molecule has 1 aromatic rings. The lowest BCUT2D eigenvalue weighted by atomic mass is 10.0. The normalized spacial score (nSPS) is 12.4. The van der Waals surface area contributed by atoms with Gasteiger partial charge in [0, 0.05) is 17.7 Å². The lowest BCUT2D eigenvalue weighted by Gasteiger charge is -2.13. The van der Waals surface area contributed by atoms with Crippen LogP contribution in [0.1, 0.15) is 24.9 Å². The Morgan fingerprint density at radius 2 is 2.14 bits per heavy atom. The van der Waals surface area contributed by atoms with Crippen LogP contribution in [0.15, 0.2) is 24.3 Å². The molecule has 1 rings (SSSR count). The summed E-state index contributed by atoms with van der Waals surface area (Å²) >= 11 is 0. The summed E-state index contributed by atoms with van der Waals surface area (Å²) in [5.41, 5.74) is 0.941. The Bertz CT molecular complexity index is 322. The van der Waals surface area contributed by atoms with Gasteiger partial charge in [-0.15, -0.1) is 0 Å². The molecule has 1 N–H and O–H groups in total. The summed E-state index contributed by atoms with van der Waals surface area (Å²) in [6.07, 6.45) is 0.835. The fourth-order valence-electron chi connectivity index (χ4n) is 1.53. The molecule has 0 heterocycles. The number of nitro benzene ring substituents is 1. The van der Waals surface area contributed by atoms with Crippen molar-refractivity contribution in [3.8, 4) is 0 Å². The molecule has 0 radical (unpaired) electrons. The number of nitro groups is 1. The molecule has 0 saturated heterocycles. The highest BCUT2D eigenvalue weighted by molar-refractivity contribution is 5.41. The maximum Gasteiger partial charge on any atom is 0.274 e. The predicted molar refractivity (Wildman–Crippen MR) is 55.2 cm³/mol. The third-order valence-electron chi connectivity index (χ3n) is 2.27. The molecular formula is C10H14N2O2. The minimum absolute atomic E-state index is 0.0524. The Morgan fingerprint density at radius 3 is 2.64 bits per heavy atom. The maximum absolute atomic E-state index is 10.7. The summed E-state index contributed by atoms with van der Waals surface area (Å²) in [7, 11) is 1.81. The molecule has 0 amide bonds. The summed E-state index contributed by atoms with van der Waals surface area (Å²) in [5, 5.41) is 13.8. The first-order valence-corrected chi connectivity index (χ1v) is 4.61. The number of nitrogens with zero attached hydrogens (tertiary/aromatic N) is 1. The number of hydrogen-bond acceptors (Lipinski definition) is 3. The predicted octanol–water partition coefficient (Wildman–Crippen LogP) is 2.27. The van der Waals surface area contributed by atoms with Gasteiger partial charge >= 0.3 is 0 Å². The first-order valence-electron chi connectivity index (χ1n) is 4.61. The van der Waals surface area contributed by atoms with E-state index in [0.29, 0.717) is 0 Å². The molecule has 0 aliphatic carbocycles. The second-order valence-corrected chi connectivity index (χ2v) is 3.07. The topological polar surface area (TPSA) is 55.2 Å². The van der Waals surface area contributed by atoms with Crippen LogP contribution in [0.3, 0.4) is 0 Å². The van der Waals surface area contributed by atoms with Crippen LogP contribution >= 0.6 is 0 Å². The Morgan fingerprint density at radius 1 is 1.50 bits per heavy atom. The molecule has 0 aliphatic rings. The largest absolute Gasteiger partial charge is 0.313 e. The molecule has 76 valence electrons. The van der Waals surface area contributed by atoms with Gasteiger partial charge in [0.15, 0.2) is 0 Å². The monoisotopic (exact) mass is 194 g/mol. The average Bonchev–Trinajstić information content (AvgIpc) is 2.20. The van der Waals surface area contributed by atoms with E-state index in [2.05, 4.69) is 5.32 Å². The Balaban J connectivity index is 3.11. The zero-order chi connectivity index (χ0) is 10.6. The SMILES string of the molecule is CCC(NC)c1ccccc1[N+](=O)[O-]. The van der Waals surface area contributed by atoms with Crippen molar-refractivity contribution in [1.29, 1.82) is 0 Å². The van der Waals surface area contributed by atoms with E-state index in [1.165, 1.54) is 6.07 Å². The molecule has 0 bridgehead atoms. The van der Waals surface area contributed by atoms with Crippen LogP contribution in [-0.4, -0.2) is 12.0 Å². The third-order valence-corrected chi connectivity index (χ3v) is 2.27. The zero-order valence-corrected chi connectivity index (χ0v) is 8.36. The summed E-state index contributed by atoms with van der Waals surface area (Å²) < 4.78 is 0. The fraction of sp³-hybridized carbons (Fsp3) is 0.400. The molecule has 14 heavy (non-hydrogen) atoms. The first-order chi connectivity index (χ1) is 6.70. The molecule has 0 aromatic heterocycles. The minimum Gasteiger partial charge on any atom is -0.313 e. The van der Waals surface area contributed by atoms with Crippen molar-refractivity contribution in [3.05, 3.63) is 39.9 Å². The van der Waals surface area contributed by atoms with Crippen LogP contribution in [0.25, 0.3) is 0 Å². The van der Waals surface area contributed by atoms with Crippen molar-refractivity contribution in [2.24, 2.45) is 0 Å². The van der Waals surface area contributed by atoms with Crippen LogP contribution in [0.5, 0.6) is 0 Å². The van der Waals surface area contributed by atoms with Crippen molar-refractivity contribution in [2.45, 2.75) is 19.4 Å². The summed E-state index contributed by atoms with van der Waals surface area (Å²) in [5.74, 6) is 0. The van der Waals surface area contributed by atoms with E-state index >= 15 is 0 Å². The average molecular weight is 194 g/mol. The van der Waals surface area contributed by atoms with Gasteiger partial charge < -0.3 is 5.32 Å². The maximum atomic E-state index is 10.7. The highest BCUT2D eigenvalue weighted by Gasteiger charge is 2.18. The molecule has 1 aromatic carbocycles. The number of hydrogen-bond donors (Lipinski definition) is 1. The van der Waals surface area contributed by atoms with Crippen LogP contribution < -0.4 is 5.32 Å². The molecule has 4 nitrogen and oxygen atoms in total. The quantitative estimate of drug-likeness (QED) is 0.590. The fourth-order valence-corrected chi connectivity index (χ4v) is 1.53. The lowest BCUT2D eigenvalue weighted by molar-refractivity contribution is -0.385. The first kappa shape index (κ1) is 10.7. The van der Waals surface area contributed by atoms with Gasteiger partial charge in [-0.05, 0) is 13.5 Å². The van der Waals surface area contributed by atoms with Crippen molar-refractivity contribution in [2.75, 3.05) is 7.05 Å². The number of rotatable bonds is 4. The third kappa shape index (κ3) is 2.09. The Kier molecular flexibility index (Phi) is 3.59. The van der Waals surface area contributed by atoms with Crippen LogP contribution in [0, 0.1) is 10.1 Å². The van der Waals surface area contributed by atoms with Gasteiger partial charge in [0.05, 0.1) is 4.92 Å². The zero-order valence-electron chi connectivity index (χ0n) is 8.36. The summed E-state index contributed by atoms with van der Waals surface area (Å²) in [6.45, 7) is 2.00. The second kappa shape index (κ2) is 4.72. The van der Waals surface area contributed by atoms with E-state index in [-0.39, 0.29) is 16.7 Å². The van der Waals surface area contributed by atoms with E-state index in [1.807, 2.05) is 20.0 Å². The van der Waals surface area contributed by atoms with Crippen LogP contribution in [0.2, 0.25) is 0 Å². The Labute approximate surface area is 83.1 Å². The van der Waals surface area contributed by atoms with E-state index in [1.54, 1.807) is 12.1 Å². The molecule has 0 saturated carbocycles. The van der Waals surface area contributed by atoms with Crippen molar-refractivity contribution < 1.29 is 4.92 Å². The molecule has 0 spiro atoms. The standard InChI is InChI=1S/C10H14N2O2/c1-3-9(11-2)8-6-4-5-7-10(8)12(13)14/h4-7,9,11H,3H2,1-2H3. The number of benzene rings is 1. The van der Waals surface area contributed by atoms with Gasteiger partial charge in [0.1, 0.15) is 0 Å². The minimum atomic E-state index is -0.338. The molecule has 1 unspecified atom stereocenters. The second-order valence-electron chi connectivity index (χ2n) is 3.07. The molecule has 1 atom stereocenters. The van der Waals surface area contributed by atoms with E-state index in [9.17, 15) is 10.1 Å². The lowest BCUT2D eigenvalue weighted by Crippen LogP contribution is -2.16. The molecule has 0 fully saturated rings. The van der Waals surface area contributed by atoms with Crippen molar-refractivity contribution >= 4 is 5.69 Å². The van der Waals surface area contributed by atoms with Gasteiger partial charge in [0.25, 0.3) is 5.69 Å². The van der Waals surface area contributed by atoms with Gasteiger partial charge in [-0.1, -0.05) is 25.1 Å². The smallest absolute Gasteiger partial charge is 0.274 e. The van der Waals surface area contributed by atoms with Crippen LogP contribution in [0.4, 0.5) is 5.69 Å². The highest BCUT2D eigenvalue weighted by atomic mass is 16.6. The van der Waals surface area contributed by atoms with Gasteiger partial charge in [-0.3, -0.25) is 10.1 Å². The molecule has 4 heteroatoms. The summed E-state index contributed by atoms with van der Waals surface area (Å²) in [6, 6.07) is 6.89. The van der Waals surface area contributed by atoms with Crippen molar-refractivity contribution in [1.82, 2.24) is 5.32 Å². The number of nitrogens with one attached hydrogen (secondary N) is 1. The van der Waals surface area contributed by atoms with Gasteiger partial charge in [-0.25, -0.2) is 0 Å². The van der Waals surface area contributed by atoms with E-state index < -0.39 is 0 Å². The Hall–Kier alpha value is -1.42. The van der Waals surface area contributed by atoms with E-state index in [4.69, 9.17) is 0 Å². The van der Waals surface area contributed by atoms with Gasteiger partial charge in [-0.2, -0.15) is 0 Å².